The highest BCUT2D eigenvalue weighted by molar-refractivity contribution is 5.94. The van der Waals surface area contributed by atoms with E-state index in [9.17, 15) is 9.18 Å². The van der Waals surface area contributed by atoms with Crippen LogP contribution in [0.3, 0.4) is 0 Å². The number of halogens is 1. The van der Waals surface area contributed by atoms with Crippen LogP contribution in [0.2, 0.25) is 0 Å². The fourth-order valence-corrected chi connectivity index (χ4v) is 3.02. The van der Waals surface area contributed by atoms with Gasteiger partial charge in [0.15, 0.2) is 11.6 Å². The normalized spacial score (nSPS) is 17.1. The number of rotatable bonds is 7. The van der Waals surface area contributed by atoms with Crippen LogP contribution in [-0.4, -0.2) is 12.5 Å². The number of cyclic esters (lactones) is 1. The first-order chi connectivity index (χ1) is 13.6. The Morgan fingerprint density at radius 1 is 1.21 bits per heavy atom. The third kappa shape index (κ3) is 4.34. The summed E-state index contributed by atoms with van der Waals surface area (Å²) in [6, 6.07) is 9.59. The predicted molar refractivity (Wildman–Crippen MR) is 102 cm³/mol. The van der Waals surface area contributed by atoms with Gasteiger partial charge in [-0.15, -0.1) is 0 Å². The highest BCUT2D eigenvalue weighted by Crippen LogP contribution is 2.34. The van der Waals surface area contributed by atoms with Gasteiger partial charge >= 0.3 is 5.97 Å². The first kappa shape index (κ1) is 18.5. The van der Waals surface area contributed by atoms with E-state index in [0.717, 1.165) is 18.0 Å². The summed E-state index contributed by atoms with van der Waals surface area (Å²) >= 11 is 0. The van der Waals surface area contributed by atoms with Crippen LogP contribution in [0, 0.1) is 11.7 Å². The monoisotopic (exact) mass is 383 g/mol. The van der Waals surface area contributed by atoms with Crippen molar-refractivity contribution in [3.8, 4) is 17.2 Å². The van der Waals surface area contributed by atoms with Crippen LogP contribution in [-0.2, 0) is 11.3 Å². The van der Waals surface area contributed by atoms with Crippen LogP contribution in [0.1, 0.15) is 42.1 Å². The molecule has 0 bridgehead atoms. The fourth-order valence-electron chi connectivity index (χ4n) is 3.02. The molecule has 5 nitrogen and oxygen atoms in total. The molecule has 2 aromatic rings. The van der Waals surface area contributed by atoms with Crippen LogP contribution in [0.25, 0.3) is 0 Å². The molecule has 0 spiro atoms. The minimum atomic E-state index is -0.495. The average molecular weight is 383 g/mol. The SMILES string of the molecule is C/C=C1/OC(=O)c2ccc(Oc3ccc(CNCCC4CC4)cc3F)cc2O1. The zero-order valence-corrected chi connectivity index (χ0v) is 15.7. The summed E-state index contributed by atoms with van der Waals surface area (Å²) in [4.78, 5) is 11.9. The number of fused-ring (bicyclic) bond motifs is 1. The predicted octanol–water partition coefficient (Wildman–Crippen LogP) is 4.92. The molecule has 0 aromatic heterocycles. The quantitative estimate of drug-likeness (QED) is 0.543. The Balaban J connectivity index is 1.41. The van der Waals surface area contributed by atoms with E-state index in [1.165, 1.54) is 31.4 Å². The molecule has 0 saturated heterocycles. The summed E-state index contributed by atoms with van der Waals surface area (Å²) in [6.07, 6.45) is 5.42. The summed E-state index contributed by atoms with van der Waals surface area (Å²) in [5.41, 5.74) is 1.17. The number of hydrogen-bond acceptors (Lipinski definition) is 5. The molecule has 1 N–H and O–H groups in total. The van der Waals surface area contributed by atoms with Gasteiger partial charge in [0.25, 0.3) is 5.95 Å². The van der Waals surface area contributed by atoms with E-state index in [-0.39, 0.29) is 11.7 Å². The number of benzene rings is 2. The maximum atomic E-state index is 14.4. The Hall–Kier alpha value is -2.86. The van der Waals surface area contributed by atoms with Crippen LogP contribution < -0.4 is 14.8 Å². The molecule has 2 aliphatic rings. The molecule has 2 aromatic carbocycles. The van der Waals surface area contributed by atoms with Crippen molar-refractivity contribution in [1.82, 2.24) is 5.32 Å². The molecular weight excluding hydrogens is 361 g/mol. The van der Waals surface area contributed by atoms with Gasteiger partial charge in [0, 0.05) is 12.6 Å². The molecule has 146 valence electrons. The fraction of sp³-hybridized carbons (Fsp3) is 0.318. The number of carbonyl (C=O) groups excluding carboxylic acids is 1. The van der Waals surface area contributed by atoms with Gasteiger partial charge < -0.3 is 19.5 Å². The second-order valence-corrected chi connectivity index (χ2v) is 7.03. The molecule has 28 heavy (non-hydrogen) atoms. The number of ether oxygens (including phenoxy) is 3. The first-order valence-electron chi connectivity index (χ1n) is 9.50. The number of carbonyl (C=O) groups is 1. The lowest BCUT2D eigenvalue weighted by Gasteiger charge is -2.19. The molecule has 1 aliphatic heterocycles. The van der Waals surface area contributed by atoms with Gasteiger partial charge in [-0.1, -0.05) is 18.9 Å². The zero-order valence-electron chi connectivity index (χ0n) is 15.7. The Bertz CT molecular complexity index is 921. The van der Waals surface area contributed by atoms with Crippen LogP contribution >= 0.6 is 0 Å². The highest BCUT2D eigenvalue weighted by atomic mass is 19.1. The molecule has 1 aliphatic carbocycles. The summed E-state index contributed by atoms with van der Waals surface area (Å²) in [6.45, 7) is 3.28. The lowest BCUT2D eigenvalue weighted by Crippen LogP contribution is -2.16. The molecule has 0 radical (unpaired) electrons. The Kier molecular flexibility index (Phi) is 5.30. The molecule has 1 heterocycles. The molecule has 4 rings (SSSR count). The minimum absolute atomic E-state index is 0.111. The van der Waals surface area contributed by atoms with E-state index in [4.69, 9.17) is 14.2 Å². The van der Waals surface area contributed by atoms with Gasteiger partial charge in [0.05, 0.1) is 0 Å². The van der Waals surface area contributed by atoms with E-state index in [1.807, 2.05) is 6.07 Å². The first-order valence-corrected chi connectivity index (χ1v) is 9.50. The van der Waals surface area contributed by atoms with E-state index in [2.05, 4.69) is 5.32 Å². The van der Waals surface area contributed by atoms with Gasteiger partial charge in [-0.3, -0.25) is 0 Å². The van der Waals surface area contributed by atoms with Gasteiger partial charge in [-0.2, -0.15) is 0 Å². The average Bonchev–Trinajstić information content (AvgIpc) is 3.51. The smallest absolute Gasteiger partial charge is 0.349 e. The van der Waals surface area contributed by atoms with Gasteiger partial charge in [-0.25, -0.2) is 9.18 Å². The Morgan fingerprint density at radius 3 is 2.82 bits per heavy atom. The standard InChI is InChI=1S/C22H22FNO4/c1-2-21-27-20-12-16(6-7-17(20)22(25)28-21)26-19-8-5-15(11-18(19)23)13-24-10-9-14-3-4-14/h2,5-8,11-12,14,24H,3-4,9-10,13H2,1H3/b21-2+. The van der Waals surface area contributed by atoms with Crippen molar-refractivity contribution in [2.24, 2.45) is 5.92 Å². The number of esters is 1. The van der Waals surface area contributed by atoms with E-state index in [1.54, 1.807) is 31.2 Å². The molecular formula is C22H22FNO4. The minimum Gasteiger partial charge on any atom is -0.454 e. The van der Waals surface area contributed by atoms with Crippen molar-refractivity contribution < 1.29 is 23.4 Å². The second kappa shape index (κ2) is 8.02. The maximum Gasteiger partial charge on any atom is 0.349 e. The van der Waals surface area contributed by atoms with Crippen molar-refractivity contribution in [2.45, 2.75) is 32.7 Å². The largest absolute Gasteiger partial charge is 0.454 e. The van der Waals surface area contributed by atoms with Gasteiger partial charge in [-0.05, 0) is 61.7 Å². The van der Waals surface area contributed by atoms with Crippen molar-refractivity contribution >= 4 is 5.97 Å². The Morgan fingerprint density at radius 2 is 2.07 bits per heavy atom. The molecule has 1 saturated carbocycles. The molecule has 0 atom stereocenters. The van der Waals surface area contributed by atoms with Gasteiger partial charge in [0.1, 0.15) is 17.1 Å². The molecule has 1 fully saturated rings. The lowest BCUT2D eigenvalue weighted by molar-refractivity contribution is 0.0406. The molecule has 0 unspecified atom stereocenters. The number of allylic oxidation sites excluding steroid dienone is 1. The van der Waals surface area contributed by atoms with E-state index >= 15 is 0 Å². The molecule has 0 amide bonds. The topological polar surface area (TPSA) is 56.8 Å². The maximum absolute atomic E-state index is 14.4. The third-order valence-corrected chi connectivity index (χ3v) is 4.79. The highest BCUT2D eigenvalue weighted by Gasteiger charge is 2.24. The van der Waals surface area contributed by atoms with Crippen molar-refractivity contribution in [3.05, 3.63) is 65.4 Å². The lowest BCUT2D eigenvalue weighted by atomic mass is 10.1. The van der Waals surface area contributed by atoms with Crippen molar-refractivity contribution in [2.75, 3.05) is 6.54 Å². The van der Waals surface area contributed by atoms with Crippen LogP contribution in [0.5, 0.6) is 17.2 Å². The summed E-state index contributed by atoms with van der Waals surface area (Å²) in [5.74, 6) is 0.869. The number of hydrogen-bond donors (Lipinski definition) is 1. The molecule has 6 heteroatoms. The van der Waals surface area contributed by atoms with Crippen molar-refractivity contribution in [3.63, 3.8) is 0 Å². The van der Waals surface area contributed by atoms with E-state index < -0.39 is 11.8 Å². The summed E-state index contributed by atoms with van der Waals surface area (Å²) in [5, 5.41) is 3.34. The Labute approximate surface area is 163 Å². The second-order valence-electron chi connectivity index (χ2n) is 7.03. The summed E-state index contributed by atoms with van der Waals surface area (Å²) in [7, 11) is 0. The number of nitrogens with one attached hydrogen (secondary N) is 1. The van der Waals surface area contributed by atoms with Crippen molar-refractivity contribution in [1.29, 1.82) is 0 Å². The zero-order chi connectivity index (χ0) is 19.5. The van der Waals surface area contributed by atoms with Crippen LogP contribution in [0.4, 0.5) is 4.39 Å². The van der Waals surface area contributed by atoms with E-state index in [0.29, 0.717) is 23.6 Å². The van der Waals surface area contributed by atoms with Gasteiger partial charge in [0.2, 0.25) is 0 Å². The third-order valence-electron chi connectivity index (χ3n) is 4.79. The van der Waals surface area contributed by atoms with Crippen LogP contribution in [0.15, 0.2) is 48.4 Å². The summed E-state index contributed by atoms with van der Waals surface area (Å²) < 4.78 is 30.6.